The molecule has 6 nitrogen and oxygen atoms in total. The second-order valence-electron chi connectivity index (χ2n) is 12.3. The Morgan fingerprint density at radius 2 is 1.72 bits per heavy atom. The summed E-state index contributed by atoms with van der Waals surface area (Å²) in [5.74, 6) is -0.0655. The van der Waals surface area contributed by atoms with Gasteiger partial charge in [0.2, 0.25) is 5.79 Å². The summed E-state index contributed by atoms with van der Waals surface area (Å²) in [6.45, 7) is 15.7. The Kier molecular flexibility index (Phi) is 11.8. The average Bonchev–Trinajstić information content (AvgIpc) is 2.89. The SMILES string of the molecule is CCO/C=C\C1=CC(OC)(OC)C=C[C@@]1(CCc1ccc(OC)c(CC[Si](C)(C)C)c1)N(C)S(=O)C(C)(C)C. The lowest BCUT2D eigenvalue weighted by molar-refractivity contribution is -0.135. The summed E-state index contributed by atoms with van der Waals surface area (Å²) < 4.78 is 38.2. The molecule has 0 saturated heterocycles. The van der Waals surface area contributed by atoms with Crippen LogP contribution in [-0.2, 0) is 38.0 Å². The molecule has 1 unspecified atom stereocenters. The Morgan fingerprint density at radius 1 is 1.05 bits per heavy atom. The first kappa shape index (κ1) is 33.5. The van der Waals surface area contributed by atoms with Gasteiger partial charge in [0.1, 0.15) is 16.7 Å². The van der Waals surface area contributed by atoms with Gasteiger partial charge in [-0.15, -0.1) is 0 Å². The van der Waals surface area contributed by atoms with Crippen molar-refractivity contribution in [3.63, 3.8) is 0 Å². The van der Waals surface area contributed by atoms with Crippen LogP contribution in [0.5, 0.6) is 5.75 Å². The van der Waals surface area contributed by atoms with Crippen LogP contribution in [0.2, 0.25) is 25.7 Å². The Labute approximate surface area is 241 Å². The molecule has 1 aliphatic rings. The molecule has 0 fully saturated rings. The number of rotatable bonds is 14. The van der Waals surface area contributed by atoms with Crippen LogP contribution >= 0.6 is 0 Å². The summed E-state index contributed by atoms with van der Waals surface area (Å²) in [5, 5.41) is 0. The summed E-state index contributed by atoms with van der Waals surface area (Å²) in [6.07, 6.45) is 12.1. The fraction of sp³-hybridized carbons (Fsp3) is 0.613. The number of aryl methyl sites for hydroxylation is 2. The smallest absolute Gasteiger partial charge is 0.208 e. The zero-order chi connectivity index (χ0) is 29.5. The Morgan fingerprint density at radius 3 is 2.26 bits per heavy atom. The van der Waals surface area contributed by atoms with E-state index < -0.39 is 35.1 Å². The standard InChI is InChI=1S/C31H51NO5SSi/c1-12-37-21-16-27-24-31(35-7,36-8)20-19-30(27,32(5)38(33)29(2,3)4)18-15-25-13-14-28(34-6)26(23-25)17-22-39(9,10)11/h13-14,16,19-21,23-24H,12,15,17-18,22H2,1-11H3/b21-16-/t30-,38?/m1/s1. The Hall–Kier alpha value is -1.71. The highest BCUT2D eigenvalue weighted by molar-refractivity contribution is 7.84. The van der Waals surface area contributed by atoms with Crippen molar-refractivity contribution in [1.29, 1.82) is 0 Å². The van der Waals surface area contributed by atoms with Gasteiger partial charge >= 0.3 is 0 Å². The van der Waals surface area contributed by atoms with Crippen molar-refractivity contribution in [2.45, 2.75) is 88.7 Å². The minimum atomic E-state index is -1.29. The number of ether oxygens (including phenoxy) is 4. The van der Waals surface area contributed by atoms with Crippen LogP contribution in [-0.4, -0.2) is 67.6 Å². The highest BCUT2D eigenvalue weighted by Crippen LogP contribution is 2.41. The monoisotopic (exact) mass is 577 g/mol. The van der Waals surface area contributed by atoms with Gasteiger partial charge in [0.15, 0.2) is 0 Å². The van der Waals surface area contributed by atoms with Crippen molar-refractivity contribution < 1.29 is 23.2 Å². The zero-order valence-electron chi connectivity index (χ0n) is 26.1. The van der Waals surface area contributed by atoms with E-state index in [1.165, 1.54) is 17.2 Å². The van der Waals surface area contributed by atoms with Gasteiger partial charge in [0.25, 0.3) is 0 Å². The van der Waals surface area contributed by atoms with Gasteiger partial charge in [-0.1, -0.05) is 43.9 Å². The van der Waals surface area contributed by atoms with Gasteiger partial charge in [-0.2, -0.15) is 0 Å². The van der Waals surface area contributed by atoms with E-state index in [9.17, 15) is 4.21 Å². The van der Waals surface area contributed by atoms with E-state index in [-0.39, 0.29) is 0 Å². The topological polar surface area (TPSA) is 57.2 Å². The Balaban J connectivity index is 2.57. The summed E-state index contributed by atoms with van der Waals surface area (Å²) in [4.78, 5) is 0. The first-order valence-corrected chi connectivity index (χ1v) is 18.6. The number of methoxy groups -OCH3 is 3. The van der Waals surface area contributed by atoms with Crippen molar-refractivity contribution in [2.75, 3.05) is 35.0 Å². The fourth-order valence-electron chi connectivity index (χ4n) is 4.75. The van der Waals surface area contributed by atoms with Gasteiger partial charge in [0.05, 0.1) is 30.3 Å². The molecule has 220 valence electrons. The first-order chi connectivity index (χ1) is 18.2. The van der Waals surface area contributed by atoms with Gasteiger partial charge in [-0.05, 0) is 88.0 Å². The van der Waals surface area contributed by atoms with Crippen LogP contribution in [0.4, 0.5) is 0 Å². The van der Waals surface area contributed by atoms with E-state index in [1.807, 2.05) is 57.3 Å². The highest BCUT2D eigenvalue weighted by Gasteiger charge is 2.45. The molecule has 8 heteroatoms. The maximum Gasteiger partial charge on any atom is 0.208 e. The van der Waals surface area contributed by atoms with Crippen molar-refractivity contribution in [3.8, 4) is 5.75 Å². The van der Waals surface area contributed by atoms with Crippen LogP contribution < -0.4 is 4.74 Å². The number of hydrogen-bond donors (Lipinski definition) is 0. The summed E-state index contributed by atoms with van der Waals surface area (Å²) in [5.41, 5.74) is 2.72. The second-order valence-corrected chi connectivity index (χ2v) is 20.2. The molecular formula is C31H51NO5SSi. The van der Waals surface area contributed by atoms with Crippen LogP contribution in [0, 0.1) is 0 Å². The van der Waals surface area contributed by atoms with E-state index >= 15 is 0 Å². The predicted molar refractivity (Wildman–Crippen MR) is 166 cm³/mol. The number of likely N-dealkylation sites (N-methyl/N-ethyl adjacent to an activating group) is 1. The molecule has 0 radical (unpaired) electrons. The number of hydrogen-bond acceptors (Lipinski definition) is 5. The lowest BCUT2D eigenvalue weighted by Crippen LogP contribution is -2.53. The van der Waals surface area contributed by atoms with E-state index in [1.54, 1.807) is 27.6 Å². The first-order valence-electron chi connectivity index (χ1n) is 13.8. The average molecular weight is 578 g/mol. The third kappa shape index (κ3) is 8.63. The summed E-state index contributed by atoms with van der Waals surface area (Å²) >= 11 is 0. The van der Waals surface area contributed by atoms with Crippen molar-refractivity contribution in [3.05, 3.63) is 65.5 Å². The van der Waals surface area contributed by atoms with Crippen molar-refractivity contribution >= 4 is 19.1 Å². The van der Waals surface area contributed by atoms with Gasteiger partial charge in [0, 0.05) is 29.3 Å². The molecule has 39 heavy (non-hydrogen) atoms. The third-order valence-electron chi connectivity index (χ3n) is 7.21. The summed E-state index contributed by atoms with van der Waals surface area (Å²) in [6, 6.07) is 7.72. The predicted octanol–water partition coefficient (Wildman–Crippen LogP) is 6.68. The summed E-state index contributed by atoms with van der Waals surface area (Å²) in [7, 11) is 4.44. The second kappa shape index (κ2) is 13.8. The Bertz CT molecular complexity index is 1070. The maximum absolute atomic E-state index is 13.8. The molecule has 1 aliphatic carbocycles. The quantitative estimate of drug-likeness (QED) is 0.107. The normalized spacial score (nSPS) is 20.4. The van der Waals surface area contributed by atoms with E-state index in [4.69, 9.17) is 18.9 Å². The maximum atomic E-state index is 13.8. The van der Waals surface area contributed by atoms with Gasteiger partial charge < -0.3 is 18.9 Å². The van der Waals surface area contributed by atoms with Crippen LogP contribution in [0.15, 0.2) is 54.3 Å². The van der Waals surface area contributed by atoms with Gasteiger partial charge in [-0.3, -0.25) is 0 Å². The number of nitrogens with zero attached hydrogens (tertiary/aromatic N) is 1. The minimum absolute atomic E-state index is 0.439. The molecule has 0 bridgehead atoms. The van der Waals surface area contributed by atoms with Crippen LogP contribution in [0.25, 0.3) is 0 Å². The van der Waals surface area contributed by atoms with Crippen molar-refractivity contribution in [2.24, 2.45) is 0 Å². The molecule has 1 aromatic rings. The lowest BCUT2D eigenvalue weighted by Gasteiger charge is -2.46. The lowest BCUT2D eigenvalue weighted by atomic mass is 9.78. The third-order valence-corrected chi connectivity index (χ3v) is 10.8. The molecule has 0 N–H and O–H groups in total. The van der Waals surface area contributed by atoms with Gasteiger partial charge in [-0.25, -0.2) is 8.51 Å². The molecule has 0 aliphatic heterocycles. The molecule has 0 spiro atoms. The van der Waals surface area contributed by atoms with Crippen molar-refractivity contribution in [1.82, 2.24) is 4.31 Å². The molecule has 0 amide bonds. The highest BCUT2D eigenvalue weighted by atomic mass is 32.2. The molecular weight excluding hydrogens is 526 g/mol. The molecule has 0 saturated carbocycles. The fourth-order valence-corrected chi connectivity index (χ4v) is 7.14. The zero-order valence-corrected chi connectivity index (χ0v) is 27.9. The largest absolute Gasteiger partial charge is 0.501 e. The van der Waals surface area contributed by atoms with Crippen LogP contribution in [0.3, 0.4) is 0 Å². The van der Waals surface area contributed by atoms with E-state index in [0.29, 0.717) is 13.0 Å². The van der Waals surface area contributed by atoms with Crippen LogP contribution in [0.1, 0.15) is 45.2 Å². The molecule has 2 atom stereocenters. The number of benzene rings is 1. The van der Waals surface area contributed by atoms with E-state index in [2.05, 4.69) is 43.9 Å². The molecule has 0 aromatic heterocycles. The molecule has 1 aromatic carbocycles. The molecule has 2 rings (SSSR count). The van der Waals surface area contributed by atoms with E-state index in [0.717, 1.165) is 24.2 Å². The molecule has 0 heterocycles. The minimum Gasteiger partial charge on any atom is -0.501 e.